The van der Waals surface area contributed by atoms with Crippen LogP contribution in [-0.4, -0.2) is 6.56 Å². The molecule has 0 radical (unpaired) electrons. The molecule has 0 amide bonds. The van der Waals surface area contributed by atoms with Gasteiger partial charge in [0.2, 0.25) is 0 Å². The molecule has 9 heavy (non-hydrogen) atoms. The van der Waals surface area contributed by atoms with E-state index in [1.165, 1.54) is 0 Å². The molecule has 1 aromatic rings. The molecule has 0 unspecified atom stereocenters. The highest BCUT2D eigenvalue weighted by molar-refractivity contribution is 5.35. The van der Waals surface area contributed by atoms with E-state index in [1.54, 1.807) is 0 Å². The maximum absolute atomic E-state index is 7.59. The lowest BCUT2D eigenvalue weighted by molar-refractivity contribution is 0.357. The van der Waals surface area contributed by atoms with Gasteiger partial charge >= 0.3 is 0 Å². The van der Waals surface area contributed by atoms with Crippen LogP contribution in [0.3, 0.4) is 0 Å². The van der Waals surface area contributed by atoms with Gasteiger partial charge in [0.05, 0.1) is 14.8 Å². The number of ether oxygens (including phenoxy) is 1. The Balaban J connectivity index is 2.85. The van der Waals surface area contributed by atoms with Crippen LogP contribution in [0.1, 0.15) is 16.5 Å². The summed E-state index contributed by atoms with van der Waals surface area (Å²) >= 11 is 0. The smallest absolute Gasteiger partial charge is 0.122 e. The minimum atomic E-state index is -2.71. The quantitative estimate of drug-likeness (QED) is 0.516. The van der Waals surface area contributed by atoms with Gasteiger partial charge < -0.3 is 4.74 Å². The number of benzene rings is 1. The summed E-state index contributed by atoms with van der Waals surface area (Å²) in [5, 5.41) is 0. The van der Waals surface area contributed by atoms with Gasteiger partial charge in [-0.05, 0) is 11.6 Å². The highest BCUT2D eigenvalue weighted by Gasteiger charge is 2.08. The minimum absolute atomic E-state index is 0.453. The Morgan fingerprint density at radius 3 is 3.44 bits per heavy atom. The Morgan fingerprint density at radius 1 is 1.56 bits per heavy atom. The van der Waals surface area contributed by atoms with Gasteiger partial charge in [0, 0.05) is 9.11 Å². The third kappa shape index (κ3) is 0.689. The first kappa shape index (κ1) is 1.36. The minimum Gasteiger partial charge on any atom is -0.493 e. The molecule has 0 bridgehead atoms. The van der Waals surface area contributed by atoms with Crippen molar-refractivity contribution >= 4 is 0 Å². The fraction of sp³-hybridized carbons (Fsp3) is 0.250. The lowest BCUT2D eigenvalue weighted by atomic mass is 10.2. The number of para-hydroxylation sites is 1. The molecule has 0 aliphatic carbocycles. The van der Waals surface area contributed by atoms with Crippen LogP contribution in [0.15, 0.2) is 24.2 Å². The highest BCUT2D eigenvalue weighted by Crippen LogP contribution is 2.23. The van der Waals surface area contributed by atoms with Gasteiger partial charge in [0.15, 0.2) is 0 Å². The second kappa shape index (κ2) is 1.76. The van der Waals surface area contributed by atoms with E-state index in [4.69, 9.17) is 15.7 Å². The van der Waals surface area contributed by atoms with Crippen LogP contribution < -0.4 is 4.74 Å². The Bertz CT molecular complexity index is 509. The van der Waals surface area contributed by atoms with Crippen LogP contribution >= 0.6 is 0 Å². The van der Waals surface area contributed by atoms with Crippen LogP contribution in [0.4, 0.5) is 0 Å². The molecule has 0 fully saturated rings. The zero-order valence-electron chi connectivity index (χ0n) is 12.4. The molecule has 0 N–H and O–H groups in total. The zero-order valence-corrected chi connectivity index (χ0v) is 4.41. The number of fused-ring (bicyclic) bond motifs is 1. The molecule has 1 aliphatic heterocycles. The highest BCUT2D eigenvalue weighted by atomic mass is 16.5. The van der Waals surface area contributed by atoms with Crippen LogP contribution in [0.2, 0.25) is 0 Å². The third-order valence-corrected chi connectivity index (χ3v) is 0.982. The molecular formula is C8H8O. The standard InChI is InChI=1S/C8H8O/c1-2-4-8-7(3-1)5-6-9-8/h1-4H,5-6H2/i1D,2D,3D,4D,5D2,6D2. The third-order valence-electron chi connectivity index (χ3n) is 0.982. The number of hydrogen-bond acceptors (Lipinski definition) is 1. The van der Waals surface area contributed by atoms with Crippen molar-refractivity contribution in [2.45, 2.75) is 6.37 Å². The number of rotatable bonds is 0. The maximum atomic E-state index is 7.59. The summed E-state index contributed by atoms with van der Waals surface area (Å²) < 4.78 is 64.6. The van der Waals surface area contributed by atoms with E-state index in [1.807, 2.05) is 0 Å². The summed E-state index contributed by atoms with van der Waals surface area (Å²) in [5.74, 6) is -0.453. The van der Waals surface area contributed by atoms with Crippen molar-refractivity contribution in [1.82, 2.24) is 0 Å². The monoisotopic (exact) mass is 128 g/mol. The van der Waals surface area contributed by atoms with Crippen molar-refractivity contribution in [3.63, 3.8) is 0 Å². The van der Waals surface area contributed by atoms with Crippen molar-refractivity contribution in [1.29, 1.82) is 0 Å². The van der Waals surface area contributed by atoms with Gasteiger partial charge in [-0.3, -0.25) is 0 Å². The summed E-state index contributed by atoms with van der Waals surface area (Å²) in [6.07, 6.45) is -2.61. The molecule has 0 spiro atoms. The molecule has 0 saturated heterocycles. The molecule has 0 aromatic heterocycles. The second-order valence-electron chi connectivity index (χ2n) is 1.53. The van der Waals surface area contributed by atoms with Crippen molar-refractivity contribution in [3.8, 4) is 5.75 Å². The summed E-state index contributed by atoms with van der Waals surface area (Å²) in [4.78, 5) is 0. The zero-order chi connectivity index (χ0) is 13.2. The van der Waals surface area contributed by atoms with E-state index in [9.17, 15) is 0 Å². The fourth-order valence-electron chi connectivity index (χ4n) is 0.593. The van der Waals surface area contributed by atoms with Crippen molar-refractivity contribution in [2.75, 3.05) is 6.56 Å². The summed E-state index contributed by atoms with van der Waals surface area (Å²) in [5.41, 5.74) is -0.464. The predicted molar refractivity (Wildman–Crippen MR) is 35.6 cm³/mol. The van der Waals surface area contributed by atoms with Crippen molar-refractivity contribution in [3.05, 3.63) is 29.7 Å². The van der Waals surface area contributed by atoms with E-state index >= 15 is 0 Å². The van der Waals surface area contributed by atoms with Gasteiger partial charge in [-0.2, -0.15) is 0 Å². The van der Waals surface area contributed by atoms with Crippen LogP contribution in [0.5, 0.6) is 5.75 Å². The van der Waals surface area contributed by atoms with E-state index in [-0.39, 0.29) is 0 Å². The average molecular weight is 128 g/mol. The van der Waals surface area contributed by atoms with Gasteiger partial charge in [-0.1, -0.05) is 18.1 Å². The SMILES string of the molecule is [2H]c1c([2H])c([2H])c2c(c1[2H])OC([2H])([2H])C2([2H])[2H]. The van der Waals surface area contributed by atoms with Crippen molar-refractivity contribution < 1.29 is 15.7 Å². The second-order valence-corrected chi connectivity index (χ2v) is 1.53. The van der Waals surface area contributed by atoms with E-state index in [0.29, 0.717) is 0 Å². The first-order valence-corrected chi connectivity index (χ1v) is 2.41. The van der Waals surface area contributed by atoms with Gasteiger partial charge in [0.25, 0.3) is 0 Å². The lowest BCUT2D eigenvalue weighted by Gasteiger charge is -1.93. The van der Waals surface area contributed by atoms with Crippen LogP contribution in [-0.2, 0) is 6.37 Å². The van der Waals surface area contributed by atoms with E-state index in [2.05, 4.69) is 0 Å². The summed E-state index contributed by atoms with van der Waals surface area (Å²) in [6, 6.07) is -2.33. The van der Waals surface area contributed by atoms with E-state index in [0.717, 1.165) is 0 Å². The summed E-state index contributed by atoms with van der Waals surface area (Å²) in [6.45, 7) is -2.71. The largest absolute Gasteiger partial charge is 0.493 e. The van der Waals surface area contributed by atoms with Gasteiger partial charge in [-0.15, -0.1) is 0 Å². The normalized spacial score (nSPS) is 38.7. The molecule has 1 aromatic carbocycles. The number of hydrogen-bond donors (Lipinski definition) is 0. The Morgan fingerprint density at radius 2 is 2.44 bits per heavy atom. The van der Waals surface area contributed by atoms with Crippen molar-refractivity contribution in [2.24, 2.45) is 0 Å². The molecule has 1 heterocycles. The molecule has 1 heteroatoms. The Kier molecular flexibility index (Phi) is 0.267. The molecule has 46 valence electrons. The predicted octanol–water partition coefficient (Wildman–Crippen LogP) is 1.62. The molecule has 0 atom stereocenters. The maximum Gasteiger partial charge on any atom is 0.122 e. The topological polar surface area (TPSA) is 9.23 Å². The average Bonchev–Trinajstić information content (AvgIpc) is 2.40. The van der Waals surface area contributed by atoms with Gasteiger partial charge in [0.1, 0.15) is 5.75 Å². The molecular weight excluding hydrogens is 112 g/mol. The molecule has 2 rings (SSSR count). The summed E-state index contributed by atoms with van der Waals surface area (Å²) in [7, 11) is 0. The Hall–Kier alpha value is -0.980. The lowest BCUT2D eigenvalue weighted by Crippen LogP contribution is -1.85. The molecule has 0 saturated carbocycles. The first-order valence-electron chi connectivity index (χ1n) is 6.41. The van der Waals surface area contributed by atoms with Crippen LogP contribution in [0, 0.1) is 0 Å². The van der Waals surface area contributed by atoms with Gasteiger partial charge in [-0.25, -0.2) is 0 Å². The molecule has 1 aliphatic rings. The molecule has 1 nitrogen and oxygen atoms in total. The Labute approximate surface area is 65.5 Å². The first-order chi connectivity index (χ1) is 7.61. The van der Waals surface area contributed by atoms with Crippen LogP contribution in [0.25, 0.3) is 0 Å². The van der Waals surface area contributed by atoms with E-state index < -0.39 is 48.4 Å². The fourth-order valence-corrected chi connectivity index (χ4v) is 0.593.